The summed E-state index contributed by atoms with van der Waals surface area (Å²) in [6.45, 7) is 4.73. The highest BCUT2D eigenvalue weighted by molar-refractivity contribution is 6.32. The quantitative estimate of drug-likeness (QED) is 0.351. The lowest BCUT2D eigenvalue weighted by atomic mass is 10.1. The first-order valence-corrected chi connectivity index (χ1v) is 10.8. The van der Waals surface area contributed by atoms with Crippen molar-refractivity contribution in [3.05, 3.63) is 57.3 Å². The minimum atomic E-state index is -4.87. The van der Waals surface area contributed by atoms with Gasteiger partial charge in [-0.15, -0.1) is 13.2 Å². The smallest absolute Gasteiger partial charge is 0.489 e. The van der Waals surface area contributed by atoms with Gasteiger partial charge >= 0.3 is 6.36 Å². The fraction of sp³-hybridized carbons (Fsp3) is 0.364. The van der Waals surface area contributed by atoms with Crippen molar-refractivity contribution in [2.45, 2.75) is 39.7 Å². The Kier molecular flexibility index (Phi) is 11.9. The largest absolute Gasteiger partial charge is 0.573 e. The lowest BCUT2D eigenvalue weighted by Gasteiger charge is -2.17. The predicted octanol–water partition coefficient (Wildman–Crippen LogP) is 6.57. The molecule has 3 rings (SSSR count). The molecule has 0 bridgehead atoms. The highest BCUT2D eigenvalue weighted by atomic mass is 35.5. The van der Waals surface area contributed by atoms with E-state index in [0.717, 1.165) is 31.0 Å². The Morgan fingerprint density at radius 3 is 2.24 bits per heavy atom. The summed E-state index contributed by atoms with van der Waals surface area (Å²) in [5, 5.41) is 6.72. The third kappa shape index (κ3) is 8.90. The van der Waals surface area contributed by atoms with Crippen LogP contribution >= 0.6 is 23.2 Å². The summed E-state index contributed by atoms with van der Waals surface area (Å²) in [6.07, 6.45) is -3.12. The molecular formula is C22H23Cl2F4NO5. The number of carboxylic acid groups (broad SMARTS) is 1. The number of hydrogen-bond donors (Lipinski definition) is 1. The topological polar surface area (TPSA) is 76.1 Å². The molecule has 188 valence electrons. The molecule has 1 heterocycles. The molecule has 1 fully saturated rings. The van der Waals surface area contributed by atoms with E-state index in [2.05, 4.69) is 4.74 Å². The Hall–Kier alpha value is -2.72. The Bertz CT molecular complexity index is 967. The number of ether oxygens (including phenoxy) is 2. The molecule has 2 aromatic rings. The van der Waals surface area contributed by atoms with Gasteiger partial charge in [-0.1, -0.05) is 37.0 Å². The zero-order valence-electron chi connectivity index (χ0n) is 18.3. The molecule has 0 aromatic heterocycles. The normalized spacial score (nSPS) is 12.6. The number of benzene rings is 2. The highest BCUT2D eigenvalue weighted by Crippen LogP contribution is 2.33. The number of carbonyl (C=O) groups excluding carboxylic acids is 1. The van der Waals surface area contributed by atoms with Crippen LogP contribution in [0.5, 0.6) is 11.5 Å². The first-order chi connectivity index (χ1) is 16.1. The van der Waals surface area contributed by atoms with Crippen LogP contribution in [-0.4, -0.2) is 41.8 Å². The fourth-order valence-corrected chi connectivity index (χ4v) is 3.32. The molecule has 0 spiro atoms. The first kappa shape index (κ1) is 29.3. The number of halogens is 6. The predicted molar refractivity (Wildman–Crippen MR) is 119 cm³/mol. The summed E-state index contributed by atoms with van der Waals surface area (Å²) in [4.78, 5) is 22.3. The van der Waals surface area contributed by atoms with Crippen LogP contribution in [0.3, 0.4) is 0 Å². The number of amides is 1. The Morgan fingerprint density at radius 1 is 1.12 bits per heavy atom. The van der Waals surface area contributed by atoms with Gasteiger partial charge in [-0.3, -0.25) is 9.59 Å². The molecule has 0 atom stereocenters. The standard InChI is InChI=1S/C19H15Cl2F4NO3.C2H6.CH2O2/c20-14-9-13(18(27)26-5-1-2-6-26)16(22)7-11(14)10-28-12-3-4-17(15(21)8-12)29-19(23,24)25;1-2;2-1-3/h3-4,7-9H,1-2,5-6,10H2;1-2H3;1H,(H,2,3). The van der Waals surface area contributed by atoms with E-state index in [1.54, 1.807) is 4.90 Å². The minimum absolute atomic E-state index is 0.114. The van der Waals surface area contributed by atoms with Crippen LogP contribution in [-0.2, 0) is 11.4 Å². The van der Waals surface area contributed by atoms with Gasteiger partial charge in [-0.05, 0) is 37.1 Å². The van der Waals surface area contributed by atoms with E-state index in [1.807, 2.05) is 13.8 Å². The molecule has 1 N–H and O–H groups in total. The molecule has 1 saturated heterocycles. The molecule has 2 aromatic carbocycles. The molecule has 34 heavy (non-hydrogen) atoms. The number of likely N-dealkylation sites (tertiary alicyclic amines) is 1. The van der Waals surface area contributed by atoms with Gasteiger partial charge < -0.3 is 19.5 Å². The van der Waals surface area contributed by atoms with Gasteiger partial charge in [0.05, 0.1) is 10.6 Å². The molecular weight excluding hydrogens is 505 g/mol. The number of hydrogen-bond acceptors (Lipinski definition) is 4. The second-order valence-corrected chi connectivity index (χ2v) is 7.27. The fourth-order valence-electron chi connectivity index (χ4n) is 2.89. The Morgan fingerprint density at radius 2 is 1.71 bits per heavy atom. The zero-order chi connectivity index (χ0) is 25.9. The number of rotatable bonds is 5. The second kappa shape index (κ2) is 13.9. The van der Waals surface area contributed by atoms with E-state index in [1.165, 1.54) is 12.1 Å². The van der Waals surface area contributed by atoms with Crippen molar-refractivity contribution in [1.82, 2.24) is 4.90 Å². The van der Waals surface area contributed by atoms with Crippen LogP contribution in [0.2, 0.25) is 10.0 Å². The van der Waals surface area contributed by atoms with Crippen molar-refractivity contribution < 1.29 is 41.7 Å². The monoisotopic (exact) mass is 527 g/mol. The van der Waals surface area contributed by atoms with Crippen molar-refractivity contribution in [2.24, 2.45) is 0 Å². The summed E-state index contributed by atoms with van der Waals surface area (Å²) in [5.74, 6) is -1.57. The van der Waals surface area contributed by atoms with Gasteiger partial charge in [0, 0.05) is 29.7 Å². The summed E-state index contributed by atoms with van der Waals surface area (Å²) in [7, 11) is 0. The van der Waals surface area contributed by atoms with E-state index >= 15 is 0 Å². The van der Waals surface area contributed by atoms with Crippen molar-refractivity contribution in [1.29, 1.82) is 0 Å². The lowest BCUT2D eigenvalue weighted by molar-refractivity contribution is -0.274. The third-order valence-corrected chi connectivity index (χ3v) is 4.93. The van der Waals surface area contributed by atoms with Gasteiger partial charge in [0.1, 0.15) is 23.9 Å². The maximum Gasteiger partial charge on any atom is 0.573 e. The van der Waals surface area contributed by atoms with Gasteiger partial charge in [-0.2, -0.15) is 0 Å². The minimum Gasteiger partial charge on any atom is -0.489 e. The molecule has 0 radical (unpaired) electrons. The summed E-state index contributed by atoms with van der Waals surface area (Å²) in [5.41, 5.74) is 0.159. The third-order valence-electron chi connectivity index (χ3n) is 4.28. The van der Waals surface area contributed by atoms with Crippen molar-refractivity contribution in [3.63, 3.8) is 0 Å². The van der Waals surface area contributed by atoms with Gasteiger partial charge in [-0.25, -0.2) is 4.39 Å². The molecule has 0 unspecified atom stereocenters. The average molecular weight is 528 g/mol. The molecule has 12 heteroatoms. The Balaban J connectivity index is 0.00000107. The van der Waals surface area contributed by atoms with Crippen LogP contribution in [0.4, 0.5) is 17.6 Å². The first-order valence-electron chi connectivity index (χ1n) is 10.1. The molecule has 1 aliphatic rings. The molecule has 1 amide bonds. The van der Waals surface area contributed by atoms with Crippen molar-refractivity contribution in [3.8, 4) is 11.5 Å². The van der Waals surface area contributed by atoms with Crippen molar-refractivity contribution in [2.75, 3.05) is 13.1 Å². The summed E-state index contributed by atoms with van der Waals surface area (Å²) >= 11 is 11.9. The van der Waals surface area contributed by atoms with E-state index in [9.17, 15) is 22.4 Å². The van der Waals surface area contributed by atoms with E-state index in [-0.39, 0.29) is 40.0 Å². The second-order valence-electron chi connectivity index (χ2n) is 6.46. The summed E-state index contributed by atoms with van der Waals surface area (Å²) < 4.78 is 60.4. The number of carbonyl (C=O) groups is 2. The van der Waals surface area contributed by atoms with Crippen LogP contribution in [0.25, 0.3) is 0 Å². The Labute approximate surface area is 204 Å². The lowest BCUT2D eigenvalue weighted by Crippen LogP contribution is -2.28. The average Bonchev–Trinajstić information content (AvgIpc) is 3.31. The number of nitrogens with zero attached hydrogens (tertiary/aromatic N) is 1. The van der Waals surface area contributed by atoms with Crippen LogP contribution in [0.15, 0.2) is 30.3 Å². The zero-order valence-corrected chi connectivity index (χ0v) is 19.8. The number of alkyl halides is 3. The molecule has 1 aliphatic heterocycles. The van der Waals surface area contributed by atoms with Gasteiger partial charge in [0.2, 0.25) is 0 Å². The van der Waals surface area contributed by atoms with Crippen LogP contribution < -0.4 is 9.47 Å². The van der Waals surface area contributed by atoms with Gasteiger partial charge in [0.25, 0.3) is 12.4 Å². The van der Waals surface area contributed by atoms with Crippen LogP contribution in [0.1, 0.15) is 42.6 Å². The molecule has 0 aliphatic carbocycles. The summed E-state index contributed by atoms with van der Waals surface area (Å²) in [6, 6.07) is 5.73. The van der Waals surface area contributed by atoms with Gasteiger partial charge in [0.15, 0.2) is 0 Å². The molecule has 0 saturated carbocycles. The molecule has 6 nitrogen and oxygen atoms in total. The van der Waals surface area contributed by atoms with Crippen LogP contribution in [0, 0.1) is 5.82 Å². The SMILES string of the molecule is CC.O=C(c1cc(Cl)c(COc2ccc(OC(F)(F)F)c(Cl)c2)cc1F)N1CCCC1.O=CO. The van der Waals surface area contributed by atoms with E-state index in [0.29, 0.717) is 13.1 Å². The van der Waals surface area contributed by atoms with E-state index in [4.69, 9.17) is 37.8 Å². The highest BCUT2D eigenvalue weighted by Gasteiger charge is 2.32. The van der Waals surface area contributed by atoms with E-state index < -0.39 is 23.8 Å². The van der Waals surface area contributed by atoms with Crippen molar-refractivity contribution >= 4 is 35.6 Å². The maximum atomic E-state index is 14.4. The maximum absolute atomic E-state index is 14.4.